The van der Waals surface area contributed by atoms with Gasteiger partial charge in [0.25, 0.3) is 11.7 Å². The van der Waals surface area contributed by atoms with Crippen molar-refractivity contribution in [1.29, 1.82) is 0 Å². The Morgan fingerprint density at radius 3 is 2.54 bits per heavy atom. The molecule has 1 fully saturated rings. The molecule has 136 valence electrons. The minimum atomic E-state index is -0.725. The number of aromatic nitrogens is 1. The largest absolute Gasteiger partial charge is 0.326 e. The van der Waals surface area contributed by atoms with Crippen molar-refractivity contribution < 1.29 is 23.9 Å². The van der Waals surface area contributed by atoms with Gasteiger partial charge in [-0.25, -0.2) is 14.2 Å². The molecule has 1 aromatic carbocycles. The number of piperazine rings is 1. The molecule has 0 unspecified atom stereocenters. The Balaban J connectivity index is 1.43. The Hall–Kier alpha value is -3.00. The van der Waals surface area contributed by atoms with Gasteiger partial charge in [-0.05, 0) is 18.2 Å². The lowest BCUT2D eigenvalue weighted by Crippen LogP contribution is -3.16. The predicted octanol–water partition coefficient (Wildman–Crippen LogP) is -0.307. The number of pyridine rings is 1. The molecule has 1 aromatic heterocycles. The van der Waals surface area contributed by atoms with Crippen molar-refractivity contribution in [2.45, 2.75) is 0 Å². The topological polar surface area (TPSA) is 80.0 Å². The number of imide groups is 1. The van der Waals surface area contributed by atoms with E-state index in [0.29, 0.717) is 0 Å². The van der Waals surface area contributed by atoms with E-state index in [0.717, 1.165) is 36.9 Å². The highest BCUT2D eigenvalue weighted by Crippen LogP contribution is 2.11. The Bertz CT molecular complexity index is 763. The molecule has 8 heteroatoms. The molecule has 3 amide bonds. The van der Waals surface area contributed by atoms with Gasteiger partial charge < -0.3 is 10.2 Å². The molecule has 2 aromatic rings. The maximum Gasteiger partial charge on any atom is 0.326 e. The molecule has 0 bridgehead atoms. The molecule has 1 aliphatic rings. The van der Waals surface area contributed by atoms with Gasteiger partial charge in [0.1, 0.15) is 32.0 Å². The van der Waals surface area contributed by atoms with Gasteiger partial charge in [-0.1, -0.05) is 18.2 Å². The summed E-state index contributed by atoms with van der Waals surface area (Å²) in [5.41, 5.74) is 0.0397. The molecule has 0 spiro atoms. The van der Waals surface area contributed by atoms with Crippen molar-refractivity contribution in [2.24, 2.45) is 0 Å². The summed E-state index contributed by atoms with van der Waals surface area (Å²) < 4.78 is 13.5. The van der Waals surface area contributed by atoms with Crippen molar-refractivity contribution in [3.8, 4) is 0 Å². The fraction of sp³-hybridized carbons (Fsp3) is 0.278. The first-order valence-electron chi connectivity index (χ1n) is 8.52. The van der Waals surface area contributed by atoms with Crippen LogP contribution in [0.15, 0.2) is 48.7 Å². The van der Waals surface area contributed by atoms with Crippen molar-refractivity contribution in [3.05, 3.63) is 54.5 Å². The van der Waals surface area contributed by atoms with Crippen LogP contribution in [-0.2, 0) is 4.79 Å². The molecule has 0 aliphatic carbocycles. The fourth-order valence-corrected chi connectivity index (χ4v) is 2.94. The number of urea groups is 1. The lowest BCUT2D eigenvalue weighted by molar-refractivity contribution is -0.892. The van der Waals surface area contributed by atoms with Crippen LogP contribution in [0.25, 0.3) is 0 Å². The number of H-pyrrole nitrogens is 1. The lowest BCUT2D eigenvalue weighted by Gasteiger charge is -2.27. The van der Waals surface area contributed by atoms with Crippen LogP contribution in [-0.4, -0.2) is 44.7 Å². The van der Waals surface area contributed by atoms with E-state index >= 15 is 0 Å². The van der Waals surface area contributed by atoms with Crippen LogP contribution in [0.1, 0.15) is 0 Å². The van der Waals surface area contributed by atoms with Crippen LogP contribution in [0, 0.1) is 5.82 Å². The van der Waals surface area contributed by atoms with Crippen LogP contribution in [0.5, 0.6) is 0 Å². The summed E-state index contributed by atoms with van der Waals surface area (Å²) in [6.07, 6.45) is 1.89. The third-order valence-electron chi connectivity index (χ3n) is 4.29. The molecule has 26 heavy (non-hydrogen) atoms. The van der Waals surface area contributed by atoms with Gasteiger partial charge in [0.15, 0.2) is 6.54 Å². The molecule has 0 radical (unpaired) electrons. The molecule has 7 nitrogen and oxygen atoms in total. The smallest absolute Gasteiger partial charge is 0.321 e. The van der Waals surface area contributed by atoms with E-state index in [2.05, 4.69) is 20.5 Å². The van der Waals surface area contributed by atoms with Crippen LogP contribution in [0.2, 0.25) is 0 Å². The first kappa shape index (κ1) is 17.8. The molecule has 4 N–H and O–H groups in total. The number of aromatic amines is 1. The summed E-state index contributed by atoms with van der Waals surface area (Å²) in [7, 11) is 0. The number of para-hydroxylation sites is 1. The second-order valence-electron chi connectivity index (χ2n) is 6.14. The van der Waals surface area contributed by atoms with Gasteiger partial charge in [-0.3, -0.25) is 15.0 Å². The zero-order valence-electron chi connectivity index (χ0n) is 14.3. The first-order valence-corrected chi connectivity index (χ1v) is 8.52. The van der Waals surface area contributed by atoms with E-state index in [-0.39, 0.29) is 18.1 Å². The average molecular weight is 359 g/mol. The van der Waals surface area contributed by atoms with Crippen LogP contribution >= 0.6 is 0 Å². The Kier molecular flexibility index (Phi) is 5.75. The molecule has 1 saturated heterocycles. The summed E-state index contributed by atoms with van der Waals surface area (Å²) in [5, 5.41) is 4.59. The number of carbonyl (C=O) groups excluding carboxylic acids is 2. The normalized spacial score (nSPS) is 14.7. The summed E-state index contributed by atoms with van der Waals surface area (Å²) in [6, 6.07) is 11.0. The van der Waals surface area contributed by atoms with E-state index in [1.807, 2.05) is 24.4 Å². The number of nitrogens with one attached hydrogen (secondary N) is 4. The van der Waals surface area contributed by atoms with Gasteiger partial charge in [-0.2, -0.15) is 0 Å². The second-order valence-corrected chi connectivity index (χ2v) is 6.14. The number of benzene rings is 1. The first-order chi connectivity index (χ1) is 12.6. The second kappa shape index (κ2) is 8.39. The number of halogens is 1. The van der Waals surface area contributed by atoms with Gasteiger partial charge in [0, 0.05) is 6.07 Å². The highest BCUT2D eigenvalue weighted by molar-refractivity contribution is 6.01. The number of carbonyl (C=O) groups is 2. The molecule has 3 rings (SSSR count). The van der Waals surface area contributed by atoms with Crippen LogP contribution in [0.3, 0.4) is 0 Å². The van der Waals surface area contributed by atoms with Crippen molar-refractivity contribution in [1.82, 2.24) is 5.32 Å². The summed E-state index contributed by atoms with van der Waals surface area (Å²) in [4.78, 5) is 30.4. The fourth-order valence-electron chi connectivity index (χ4n) is 2.94. The highest BCUT2D eigenvalue weighted by atomic mass is 19.1. The van der Waals surface area contributed by atoms with Crippen molar-refractivity contribution >= 4 is 23.4 Å². The minimum absolute atomic E-state index is 0.0397. The number of hydrogen-bond acceptors (Lipinski definition) is 3. The molecule has 0 atom stereocenters. The van der Waals surface area contributed by atoms with E-state index in [9.17, 15) is 14.0 Å². The van der Waals surface area contributed by atoms with E-state index in [4.69, 9.17) is 0 Å². The Morgan fingerprint density at radius 2 is 1.85 bits per heavy atom. The third kappa shape index (κ3) is 4.76. The SMILES string of the molecule is O=C(C[NH+]1CCN(c2cccc[nH+]2)CC1)NC(=O)Nc1ccccc1F. The predicted molar refractivity (Wildman–Crippen MR) is 94.3 cm³/mol. The summed E-state index contributed by atoms with van der Waals surface area (Å²) in [6.45, 7) is 3.45. The molecule has 1 aliphatic heterocycles. The number of rotatable bonds is 4. The third-order valence-corrected chi connectivity index (χ3v) is 4.29. The van der Waals surface area contributed by atoms with E-state index in [1.165, 1.54) is 18.2 Å². The minimum Gasteiger partial charge on any atom is -0.321 e. The van der Waals surface area contributed by atoms with Gasteiger partial charge in [0.05, 0.1) is 11.9 Å². The number of nitrogens with zero attached hydrogens (tertiary/aromatic N) is 1. The zero-order chi connectivity index (χ0) is 18.4. The van der Waals surface area contributed by atoms with Crippen molar-refractivity contribution in [2.75, 3.05) is 42.9 Å². The Morgan fingerprint density at radius 1 is 1.12 bits per heavy atom. The summed E-state index contributed by atoms with van der Waals surface area (Å²) >= 11 is 0. The lowest BCUT2D eigenvalue weighted by atomic mass is 10.3. The number of quaternary nitrogens is 1. The molecular formula is C18H22FN5O2+2. The number of anilines is 2. The van der Waals surface area contributed by atoms with Crippen molar-refractivity contribution in [3.63, 3.8) is 0 Å². The summed E-state index contributed by atoms with van der Waals surface area (Å²) in [5.74, 6) is 0.128. The molecule has 0 saturated carbocycles. The zero-order valence-corrected chi connectivity index (χ0v) is 14.3. The quantitative estimate of drug-likeness (QED) is 0.701. The maximum atomic E-state index is 13.5. The van der Waals surface area contributed by atoms with E-state index in [1.54, 1.807) is 6.07 Å². The van der Waals surface area contributed by atoms with Gasteiger partial charge in [-0.15, -0.1) is 0 Å². The maximum absolute atomic E-state index is 13.5. The molecule has 2 heterocycles. The van der Waals surface area contributed by atoms with Gasteiger partial charge in [0.2, 0.25) is 0 Å². The molecular weight excluding hydrogens is 337 g/mol. The monoisotopic (exact) mass is 359 g/mol. The average Bonchev–Trinajstić information content (AvgIpc) is 2.65. The van der Waals surface area contributed by atoms with Gasteiger partial charge >= 0.3 is 6.03 Å². The van der Waals surface area contributed by atoms with Crippen LogP contribution in [0.4, 0.5) is 20.7 Å². The number of hydrogen-bond donors (Lipinski definition) is 3. The van der Waals surface area contributed by atoms with Crippen LogP contribution < -0.4 is 25.4 Å². The highest BCUT2D eigenvalue weighted by Gasteiger charge is 2.27. The van der Waals surface area contributed by atoms with E-state index < -0.39 is 11.8 Å². The standard InChI is InChI=1S/C18H20FN5O2/c19-14-5-1-2-6-15(14)21-18(26)22-17(25)13-23-9-11-24(12-10-23)16-7-3-4-8-20-16/h1-8H,9-13H2,(H2,21,22,25,26)/p+2. The Labute approximate surface area is 150 Å². The number of amides is 3.